The molecule has 60 heavy (non-hydrogen) atoms. The monoisotopic (exact) mass is 879 g/mol. The van der Waals surface area contributed by atoms with E-state index in [4.69, 9.17) is 28.4 Å². The van der Waals surface area contributed by atoms with Crippen molar-refractivity contribution in [3.8, 4) is 0 Å². The lowest BCUT2D eigenvalue weighted by atomic mass is 9.88. The zero-order chi connectivity index (χ0) is 45.4. The second-order valence-corrected chi connectivity index (χ2v) is 14.6. The number of carboxylic acid groups (broad SMARTS) is 1. The molecule has 20 atom stereocenters. The SMILES string of the molecule is CC(=O)N[C@H]1[C@@H](O[C@@H]2[C@H](O)[C@@H](O)[C@H](O[C@@H]([C@@H](O)[C@H](O)CO[C@]3(C(=O)O)C[C@H](O)[C@@H](NC(C)=O)[C@H]([C@H](O)[C@H](O)CO)O3)[C@H](CO)NC(C)=O)O[C@@H]2CO)O[C@H](CO)[C@@H](O)[C@@H]1O. The van der Waals surface area contributed by atoms with E-state index >= 15 is 0 Å². The maximum absolute atomic E-state index is 12.6. The number of carboxylic acids is 1. The van der Waals surface area contributed by atoms with Crippen LogP contribution in [0, 0.1) is 0 Å². The zero-order valence-corrected chi connectivity index (χ0v) is 32.6. The second kappa shape index (κ2) is 22.5. The molecule has 3 heterocycles. The van der Waals surface area contributed by atoms with Crippen LogP contribution in [0.2, 0.25) is 0 Å². The third kappa shape index (κ3) is 12.2. The molecular weight excluding hydrogens is 822 g/mol. The average Bonchev–Trinajstić information content (AvgIpc) is 3.19. The first-order chi connectivity index (χ1) is 28.1. The summed E-state index contributed by atoms with van der Waals surface area (Å²) in [7, 11) is 0. The van der Waals surface area contributed by atoms with Gasteiger partial charge in [0.1, 0.15) is 85.4 Å². The number of ether oxygens (including phenoxy) is 6. The van der Waals surface area contributed by atoms with Crippen LogP contribution in [0.4, 0.5) is 0 Å². The molecule has 3 amide bonds. The Morgan fingerprint density at radius 2 is 1.32 bits per heavy atom. The summed E-state index contributed by atoms with van der Waals surface area (Å²) in [5.41, 5.74) is 0. The Kier molecular flexibility index (Phi) is 19.3. The number of nitrogens with one attached hydrogen (secondary N) is 3. The molecule has 0 unspecified atom stereocenters. The molecule has 0 aromatic carbocycles. The molecule has 0 bridgehead atoms. The van der Waals surface area contributed by atoms with Gasteiger partial charge in [-0.05, 0) is 0 Å². The highest BCUT2D eigenvalue weighted by Gasteiger charge is 2.57. The van der Waals surface area contributed by atoms with Crippen molar-refractivity contribution in [2.75, 3.05) is 33.0 Å². The summed E-state index contributed by atoms with van der Waals surface area (Å²) in [6.07, 6.45) is -32.4. The number of aliphatic carboxylic acids is 1. The molecule has 0 aromatic heterocycles. The van der Waals surface area contributed by atoms with Crippen molar-refractivity contribution >= 4 is 23.7 Å². The lowest BCUT2D eigenvalue weighted by molar-refractivity contribution is -0.357. The lowest BCUT2D eigenvalue weighted by Gasteiger charge is -2.48. The van der Waals surface area contributed by atoms with Gasteiger partial charge < -0.3 is 116 Å². The summed E-state index contributed by atoms with van der Waals surface area (Å²) in [5, 5.41) is 154. The molecule has 27 nitrogen and oxygen atoms in total. The minimum atomic E-state index is -2.98. The molecule has 0 aliphatic carbocycles. The van der Waals surface area contributed by atoms with Crippen LogP contribution in [-0.2, 0) is 47.6 Å². The Morgan fingerprint density at radius 1 is 0.733 bits per heavy atom. The summed E-state index contributed by atoms with van der Waals surface area (Å²) in [5.74, 6) is -7.30. The van der Waals surface area contributed by atoms with Gasteiger partial charge in [-0.15, -0.1) is 0 Å². The molecule has 348 valence electrons. The molecule has 3 aliphatic heterocycles. The molecule has 0 saturated carbocycles. The van der Waals surface area contributed by atoms with Crippen molar-refractivity contribution < 1.29 is 119 Å². The summed E-state index contributed by atoms with van der Waals surface area (Å²) in [6.45, 7) is -2.18. The first-order valence-corrected chi connectivity index (χ1v) is 18.6. The van der Waals surface area contributed by atoms with Crippen LogP contribution in [0.15, 0.2) is 0 Å². The molecule has 0 aromatic rings. The molecule has 3 saturated heterocycles. The number of amides is 3. The first kappa shape index (κ1) is 51.5. The molecule has 0 spiro atoms. The third-order valence-corrected chi connectivity index (χ3v) is 10.0. The van der Waals surface area contributed by atoms with Crippen molar-refractivity contribution in [3.05, 3.63) is 0 Å². The molecule has 17 N–H and O–H groups in total. The summed E-state index contributed by atoms with van der Waals surface area (Å²) in [6, 6.07) is -4.78. The molecule has 0 radical (unpaired) electrons. The van der Waals surface area contributed by atoms with Gasteiger partial charge in [0.15, 0.2) is 12.6 Å². The number of carbonyl (C=O) groups is 4. The number of hydrogen-bond donors (Lipinski definition) is 17. The van der Waals surface area contributed by atoms with Crippen LogP contribution in [-0.4, -0.2) is 250 Å². The third-order valence-electron chi connectivity index (χ3n) is 10.0. The van der Waals surface area contributed by atoms with Gasteiger partial charge in [0, 0.05) is 27.2 Å². The Morgan fingerprint density at radius 3 is 1.83 bits per heavy atom. The Balaban J connectivity index is 1.88. The number of aliphatic hydroxyl groups is 13. The van der Waals surface area contributed by atoms with Crippen molar-refractivity contribution in [2.24, 2.45) is 0 Å². The highest BCUT2D eigenvalue weighted by atomic mass is 16.7. The van der Waals surface area contributed by atoms with Crippen molar-refractivity contribution in [3.63, 3.8) is 0 Å². The molecule has 3 aliphatic rings. The Hall–Kier alpha value is -2.88. The lowest BCUT2D eigenvalue weighted by Crippen LogP contribution is -2.68. The van der Waals surface area contributed by atoms with Gasteiger partial charge in [-0.2, -0.15) is 0 Å². The highest BCUT2D eigenvalue weighted by Crippen LogP contribution is 2.35. The quantitative estimate of drug-likeness (QED) is 0.0540. The fourth-order valence-corrected chi connectivity index (χ4v) is 6.95. The molecule has 3 fully saturated rings. The maximum atomic E-state index is 12.6. The van der Waals surface area contributed by atoms with Crippen molar-refractivity contribution in [1.29, 1.82) is 0 Å². The summed E-state index contributed by atoms with van der Waals surface area (Å²) in [4.78, 5) is 48.3. The number of rotatable bonds is 20. The van der Waals surface area contributed by atoms with E-state index < -0.39 is 185 Å². The number of hydrogen-bond acceptors (Lipinski definition) is 23. The van der Waals surface area contributed by atoms with Crippen molar-refractivity contribution in [1.82, 2.24) is 16.0 Å². The maximum Gasteiger partial charge on any atom is 0.364 e. The van der Waals surface area contributed by atoms with Crippen LogP contribution in [0.1, 0.15) is 27.2 Å². The van der Waals surface area contributed by atoms with Gasteiger partial charge in [0.2, 0.25) is 17.7 Å². The average molecular weight is 880 g/mol. The van der Waals surface area contributed by atoms with E-state index in [0.717, 1.165) is 20.8 Å². The van der Waals surface area contributed by atoms with E-state index in [1.165, 1.54) is 0 Å². The van der Waals surface area contributed by atoms with Crippen molar-refractivity contribution in [2.45, 2.75) is 149 Å². The van der Waals surface area contributed by atoms with E-state index in [2.05, 4.69) is 16.0 Å². The summed E-state index contributed by atoms with van der Waals surface area (Å²) >= 11 is 0. The smallest absolute Gasteiger partial charge is 0.364 e. The van der Waals surface area contributed by atoms with Gasteiger partial charge in [-0.3, -0.25) is 14.4 Å². The van der Waals surface area contributed by atoms with Crippen LogP contribution in [0.25, 0.3) is 0 Å². The van der Waals surface area contributed by atoms with E-state index in [0.29, 0.717) is 0 Å². The fourth-order valence-electron chi connectivity index (χ4n) is 6.95. The predicted octanol–water partition coefficient (Wildman–Crippen LogP) is -10.5. The minimum absolute atomic E-state index is 0.730. The topological polar surface area (TPSA) is 443 Å². The highest BCUT2D eigenvalue weighted by molar-refractivity contribution is 5.76. The standard InChI is InChI=1S/C33H57N3O24/c1-10(41)34-13(5-37)27(22(48)16(46)9-55-33(32(53)54)4-14(44)19(35-11(2)42)29(60-33)21(47)15(45)6-38)58-31-26(52)25(51)28(18(8-40)57-31)59-30-20(36-12(3)43)24(50)23(49)17(7-39)56-30/h13-31,37-40,44-52H,4-9H2,1-3H3,(H,34,41)(H,35,42)(H,36,43)(H,53,54)/t13-,14-,15+,16+,17+,18+,19+,20+,21+,22-,23+,24+,25+,26+,27+,28-,29+,30+,31-,33+/m0/s1. The fraction of sp³-hybridized carbons (Fsp3) is 0.879. The van der Waals surface area contributed by atoms with Crippen LogP contribution in [0.3, 0.4) is 0 Å². The van der Waals surface area contributed by atoms with E-state index in [1.54, 1.807) is 0 Å². The Labute approximate surface area is 340 Å². The zero-order valence-electron chi connectivity index (χ0n) is 32.6. The van der Waals surface area contributed by atoms with Gasteiger partial charge in [0.05, 0.1) is 51.2 Å². The van der Waals surface area contributed by atoms with Crippen LogP contribution in [0.5, 0.6) is 0 Å². The predicted molar refractivity (Wildman–Crippen MR) is 188 cm³/mol. The Bertz CT molecular complexity index is 1420. The molecular formula is C33H57N3O24. The van der Waals surface area contributed by atoms with Gasteiger partial charge in [0.25, 0.3) is 5.79 Å². The molecule has 27 heteroatoms. The largest absolute Gasteiger partial charge is 0.477 e. The van der Waals surface area contributed by atoms with Crippen LogP contribution >= 0.6 is 0 Å². The second-order valence-electron chi connectivity index (χ2n) is 14.6. The molecule has 3 rings (SSSR count). The number of aliphatic hydroxyl groups excluding tert-OH is 13. The van der Waals surface area contributed by atoms with E-state index in [1.807, 2.05) is 0 Å². The number of carbonyl (C=O) groups excluding carboxylic acids is 3. The van der Waals surface area contributed by atoms with Gasteiger partial charge in [-0.1, -0.05) is 0 Å². The normalized spacial score (nSPS) is 37.8. The van der Waals surface area contributed by atoms with Gasteiger partial charge >= 0.3 is 5.97 Å². The van der Waals surface area contributed by atoms with Crippen LogP contribution < -0.4 is 16.0 Å². The van der Waals surface area contributed by atoms with E-state index in [9.17, 15) is 90.7 Å². The van der Waals surface area contributed by atoms with Gasteiger partial charge in [-0.25, -0.2) is 4.79 Å². The first-order valence-electron chi connectivity index (χ1n) is 18.6. The van der Waals surface area contributed by atoms with E-state index in [-0.39, 0.29) is 0 Å². The summed E-state index contributed by atoms with van der Waals surface area (Å²) < 4.78 is 33.4. The minimum Gasteiger partial charge on any atom is -0.477 e.